The summed E-state index contributed by atoms with van der Waals surface area (Å²) >= 11 is 0.862. The molecule has 6 rings (SSSR count). The summed E-state index contributed by atoms with van der Waals surface area (Å²) in [5.74, 6) is -0.0490. The minimum Gasteiger partial charge on any atom is -0.505 e. The van der Waals surface area contributed by atoms with Crippen LogP contribution in [0.1, 0.15) is 0 Å². The number of rotatable bonds is 16. The number of anilines is 1. The number of para-hydroxylation sites is 1. The van der Waals surface area contributed by atoms with E-state index >= 15 is 0 Å². The van der Waals surface area contributed by atoms with Gasteiger partial charge < -0.3 is 20.3 Å². The Bertz CT molecular complexity index is 2870. The van der Waals surface area contributed by atoms with Crippen molar-refractivity contribution in [1.29, 1.82) is 0 Å². The van der Waals surface area contributed by atoms with Crippen LogP contribution in [-0.2, 0) is 39.0 Å². The molecule has 0 atom stereocenters. The number of phenolic OH excluding ortho intramolecular Hbond substituents is 1. The van der Waals surface area contributed by atoms with E-state index in [0.29, 0.717) is 35.2 Å². The number of benzene rings is 6. The fourth-order valence-electron chi connectivity index (χ4n) is 5.32. The highest BCUT2D eigenvalue weighted by Crippen LogP contribution is 2.47. The number of methoxy groups -OCH3 is 1. The number of azo groups is 2. The maximum Gasteiger partial charge on any atom is 0.296 e. The third kappa shape index (κ3) is 10.3. The molecule has 0 fully saturated rings. The van der Waals surface area contributed by atoms with Crippen LogP contribution in [0.2, 0.25) is 0 Å². The van der Waals surface area contributed by atoms with Crippen molar-refractivity contribution in [2.45, 2.75) is 19.6 Å². The summed E-state index contributed by atoms with van der Waals surface area (Å²) in [6.07, 6.45) is 1.12. The first-order valence-electron chi connectivity index (χ1n) is 15.9. The van der Waals surface area contributed by atoms with Crippen molar-refractivity contribution in [1.82, 2.24) is 0 Å². The van der Waals surface area contributed by atoms with Crippen molar-refractivity contribution in [3.8, 4) is 17.2 Å². The summed E-state index contributed by atoms with van der Waals surface area (Å²) in [7, 11) is -8.19. The van der Waals surface area contributed by atoms with Crippen LogP contribution in [-0.4, -0.2) is 55.1 Å². The Morgan fingerprint density at radius 3 is 2.10 bits per heavy atom. The number of nitrogen functional groups attached to an aromatic ring is 1. The highest BCUT2D eigenvalue weighted by Gasteiger charge is 2.22. The lowest BCUT2D eigenvalue weighted by molar-refractivity contribution is -0.432. The second-order valence-electron chi connectivity index (χ2n) is 11.5. The fourth-order valence-corrected chi connectivity index (χ4v) is 7.70. The second-order valence-corrected chi connectivity index (χ2v) is 15.8. The molecule has 6 aromatic carbocycles. The summed E-state index contributed by atoms with van der Waals surface area (Å²) in [5, 5.41) is 53.3. The SMILES string of the molecule is COc1cc(N=Nc2ccc3cc(SOOO)cc(S(=O)(=O)O)c3c2)c(N=COc2ccccc2)cc1N=Nc1c(SOOO)cc2cc(S(=O)(=O)O)c(N)cc2c1O. The smallest absolute Gasteiger partial charge is 0.296 e. The summed E-state index contributed by atoms with van der Waals surface area (Å²) in [6.45, 7) is 0. The third-order valence-electron chi connectivity index (χ3n) is 7.86. The predicted octanol–water partition coefficient (Wildman–Crippen LogP) is 9.21. The van der Waals surface area contributed by atoms with Crippen LogP contribution < -0.4 is 15.2 Å². The molecule has 0 saturated heterocycles. The Morgan fingerprint density at radius 2 is 1.41 bits per heavy atom. The first kappa shape index (κ1) is 42.8. The van der Waals surface area contributed by atoms with Crippen LogP contribution in [0.25, 0.3) is 21.5 Å². The standard InChI is InChI=1S/C34H26N6O15S4/c1-50-29-16-27(38-37-20-8-7-18-9-22(56-54-52-42)13-31(23(18)12-20)58(44,45)46)26(36-17-51-21-5-3-2-4-6-21)15-28(29)39-40-33-30(57-55-53-43)10-19-11-32(59(47,48)49)25(35)14-24(19)34(33)41/h2-17,41-43H,35H2,1H3,(H,44,45,46)(H,47,48,49). The molecule has 7 N–H and O–H groups in total. The topological polar surface area (TPSA) is 313 Å². The molecule has 306 valence electrons. The largest absolute Gasteiger partial charge is 0.505 e. The number of aromatic hydroxyl groups is 1. The summed E-state index contributed by atoms with van der Waals surface area (Å²) in [4.78, 5) is 3.39. The highest BCUT2D eigenvalue weighted by molar-refractivity contribution is 7.95. The minimum atomic E-state index is -4.76. The number of ether oxygens (including phenoxy) is 2. The van der Waals surface area contributed by atoms with Gasteiger partial charge in [0.05, 0.1) is 53.2 Å². The number of fused-ring (bicyclic) bond motifs is 2. The van der Waals surface area contributed by atoms with Crippen molar-refractivity contribution in [3.63, 3.8) is 0 Å². The molecule has 0 bridgehead atoms. The molecule has 0 amide bonds. The number of nitrogens with zero attached hydrogens (tertiary/aromatic N) is 5. The molecular weight excluding hydrogens is 861 g/mol. The Balaban J connectivity index is 1.44. The molecule has 21 nitrogen and oxygen atoms in total. The van der Waals surface area contributed by atoms with Crippen LogP contribution in [0.15, 0.2) is 136 Å². The lowest BCUT2D eigenvalue weighted by Crippen LogP contribution is -2.03. The molecule has 0 aliphatic rings. The summed E-state index contributed by atoms with van der Waals surface area (Å²) in [6, 6.07) is 21.8. The minimum absolute atomic E-state index is 0.00577. The molecule has 0 radical (unpaired) electrons. The molecule has 6 aromatic rings. The van der Waals surface area contributed by atoms with Crippen molar-refractivity contribution >= 4 is 106 Å². The van der Waals surface area contributed by atoms with E-state index in [1.54, 1.807) is 30.3 Å². The molecule has 0 aliphatic heterocycles. The second kappa shape index (κ2) is 18.4. The molecule has 0 saturated carbocycles. The van der Waals surface area contributed by atoms with Crippen LogP contribution in [0.5, 0.6) is 17.2 Å². The highest BCUT2D eigenvalue weighted by atomic mass is 32.2. The Kier molecular flexibility index (Phi) is 13.4. The van der Waals surface area contributed by atoms with E-state index in [0.717, 1.165) is 24.6 Å². The van der Waals surface area contributed by atoms with Crippen LogP contribution >= 0.6 is 24.1 Å². The maximum absolute atomic E-state index is 12.3. The average Bonchev–Trinajstić information content (AvgIpc) is 3.20. The van der Waals surface area contributed by atoms with E-state index in [9.17, 15) is 31.0 Å². The van der Waals surface area contributed by atoms with Gasteiger partial charge in [-0.25, -0.2) is 15.5 Å². The number of hydrogen-bond acceptors (Lipinski definition) is 21. The van der Waals surface area contributed by atoms with Gasteiger partial charge in [0.1, 0.15) is 38.4 Å². The lowest BCUT2D eigenvalue weighted by Gasteiger charge is -2.12. The van der Waals surface area contributed by atoms with Gasteiger partial charge in [0, 0.05) is 21.7 Å². The van der Waals surface area contributed by atoms with Gasteiger partial charge in [-0.2, -0.15) is 21.9 Å². The van der Waals surface area contributed by atoms with Gasteiger partial charge in [0.15, 0.2) is 12.2 Å². The maximum atomic E-state index is 12.3. The van der Waals surface area contributed by atoms with E-state index in [1.165, 1.54) is 49.6 Å². The normalized spacial score (nSPS) is 12.4. The molecule has 0 aliphatic carbocycles. The molecule has 0 aromatic heterocycles. The van der Waals surface area contributed by atoms with E-state index in [1.807, 2.05) is 0 Å². The van der Waals surface area contributed by atoms with Crippen LogP contribution in [0, 0.1) is 0 Å². The quantitative estimate of drug-likeness (QED) is 0.00770. The van der Waals surface area contributed by atoms with E-state index in [-0.39, 0.29) is 65.8 Å². The van der Waals surface area contributed by atoms with Gasteiger partial charge in [-0.1, -0.05) is 34.3 Å². The van der Waals surface area contributed by atoms with Gasteiger partial charge in [-0.3, -0.25) is 9.11 Å². The Hall–Kier alpha value is -5.81. The van der Waals surface area contributed by atoms with Gasteiger partial charge in [-0.15, -0.1) is 24.0 Å². The monoisotopic (exact) mass is 886 g/mol. The molecule has 0 spiro atoms. The molecule has 0 unspecified atom stereocenters. The van der Waals surface area contributed by atoms with E-state index in [2.05, 4.69) is 44.2 Å². The Morgan fingerprint density at radius 1 is 0.695 bits per heavy atom. The van der Waals surface area contributed by atoms with Crippen molar-refractivity contribution in [3.05, 3.63) is 91.0 Å². The molecular formula is C34H26N6O15S4. The number of hydrogen-bond donors (Lipinski definition) is 6. The zero-order chi connectivity index (χ0) is 42.3. The van der Waals surface area contributed by atoms with Gasteiger partial charge in [-0.05, 0) is 71.4 Å². The molecule has 25 heteroatoms. The third-order valence-corrected chi connectivity index (χ3v) is 10.8. The van der Waals surface area contributed by atoms with Crippen molar-refractivity contribution in [2.75, 3.05) is 12.8 Å². The van der Waals surface area contributed by atoms with Gasteiger partial charge in [0.25, 0.3) is 20.2 Å². The fraction of sp³-hybridized carbons (Fsp3) is 0.0294. The average molecular weight is 887 g/mol. The van der Waals surface area contributed by atoms with E-state index in [4.69, 9.17) is 25.7 Å². The molecule has 0 heterocycles. The van der Waals surface area contributed by atoms with Crippen molar-refractivity contribution in [2.24, 2.45) is 25.4 Å². The first-order chi connectivity index (χ1) is 28.2. The van der Waals surface area contributed by atoms with Crippen LogP contribution in [0.4, 0.5) is 34.1 Å². The number of nitrogens with two attached hydrogens (primary N) is 1. The summed E-state index contributed by atoms with van der Waals surface area (Å²) in [5.41, 5.74) is 5.55. The van der Waals surface area contributed by atoms with Gasteiger partial charge in [0.2, 0.25) is 0 Å². The zero-order valence-electron chi connectivity index (χ0n) is 29.5. The number of aliphatic imine (C=N–C) groups is 1. The lowest BCUT2D eigenvalue weighted by atomic mass is 10.1. The van der Waals surface area contributed by atoms with Crippen molar-refractivity contribution < 1.29 is 69.8 Å². The van der Waals surface area contributed by atoms with E-state index < -0.39 is 35.8 Å². The summed E-state index contributed by atoms with van der Waals surface area (Å²) < 4.78 is 88.0. The molecule has 59 heavy (non-hydrogen) atoms. The zero-order valence-corrected chi connectivity index (χ0v) is 32.8. The van der Waals surface area contributed by atoms with Gasteiger partial charge >= 0.3 is 0 Å². The first-order valence-corrected chi connectivity index (χ1v) is 20.3. The predicted molar refractivity (Wildman–Crippen MR) is 211 cm³/mol. The van der Waals surface area contributed by atoms with Crippen LogP contribution in [0.3, 0.4) is 0 Å². The number of phenols is 1. The Labute approximate surface area is 341 Å².